The molecule has 4 rings (SSSR count). The van der Waals surface area contributed by atoms with Gasteiger partial charge in [-0.25, -0.2) is 0 Å². The first-order valence-corrected chi connectivity index (χ1v) is 12.2. The van der Waals surface area contributed by atoms with Gasteiger partial charge in [0.2, 0.25) is 0 Å². The second kappa shape index (κ2) is 7.38. The van der Waals surface area contributed by atoms with Gasteiger partial charge in [0.05, 0.1) is 0 Å². The summed E-state index contributed by atoms with van der Waals surface area (Å²) in [6.07, 6.45) is 22.0. The summed E-state index contributed by atoms with van der Waals surface area (Å²) in [5.41, 5.74) is 2.81. The molecule has 0 aromatic rings. The van der Waals surface area contributed by atoms with Gasteiger partial charge >= 0.3 is 0 Å². The van der Waals surface area contributed by atoms with Gasteiger partial charge in [-0.05, 0) is 96.9 Å². The Balaban J connectivity index is 1.50. The highest BCUT2D eigenvalue weighted by Crippen LogP contribution is 2.66. The van der Waals surface area contributed by atoms with E-state index in [9.17, 15) is 0 Å². The molecular weight excluding hydrogens is 324 g/mol. The van der Waals surface area contributed by atoms with Crippen LogP contribution in [0.2, 0.25) is 0 Å². The lowest BCUT2D eigenvalue weighted by Crippen LogP contribution is -2.49. The van der Waals surface area contributed by atoms with E-state index in [2.05, 4.69) is 52.8 Å². The lowest BCUT2D eigenvalue weighted by molar-refractivity contribution is -0.0451. The normalized spacial score (nSPS) is 44.4. The van der Waals surface area contributed by atoms with Gasteiger partial charge in [-0.2, -0.15) is 0 Å². The Labute approximate surface area is 169 Å². The third kappa shape index (κ3) is 3.28. The van der Waals surface area contributed by atoms with Crippen LogP contribution in [0.15, 0.2) is 23.8 Å². The van der Waals surface area contributed by atoms with Crippen LogP contribution in [0.3, 0.4) is 0 Å². The maximum atomic E-state index is 2.72. The molecule has 2 saturated carbocycles. The molecule has 0 unspecified atom stereocenters. The van der Waals surface area contributed by atoms with Crippen LogP contribution in [-0.2, 0) is 0 Å². The molecule has 0 N–H and O–H groups in total. The van der Waals surface area contributed by atoms with E-state index in [0.717, 1.165) is 35.5 Å². The molecule has 4 aliphatic carbocycles. The number of allylic oxidation sites excluding steroid dienone is 4. The van der Waals surface area contributed by atoms with Crippen LogP contribution >= 0.6 is 0 Å². The van der Waals surface area contributed by atoms with Gasteiger partial charge in [0.25, 0.3) is 0 Å². The van der Waals surface area contributed by atoms with E-state index in [4.69, 9.17) is 0 Å². The highest BCUT2D eigenvalue weighted by atomic mass is 14.6. The Morgan fingerprint density at radius 2 is 1.81 bits per heavy atom. The summed E-state index contributed by atoms with van der Waals surface area (Å²) in [5, 5.41) is 0. The van der Waals surface area contributed by atoms with Crippen LogP contribution in [0.4, 0.5) is 0 Å². The van der Waals surface area contributed by atoms with Crippen molar-refractivity contribution < 1.29 is 0 Å². The number of hydrogen-bond donors (Lipinski definition) is 0. The van der Waals surface area contributed by atoms with Crippen molar-refractivity contribution in [3.05, 3.63) is 23.8 Å². The summed E-state index contributed by atoms with van der Waals surface area (Å²) in [6.45, 7) is 12.7. The summed E-state index contributed by atoms with van der Waals surface area (Å²) in [4.78, 5) is 0. The smallest absolute Gasteiger partial charge is 0.00445 e. The average Bonchev–Trinajstić information content (AvgIpc) is 2.98. The first kappa shape index (κ1) is 19.8. The predicted octanol–water partition coefficient (Wildman–Crippen LogP) is 8.19. The second-order valence-electron chi connectivity index (χ2n) is 11.7. The Hall–Kier alpha value is -0.520. The van der Waals surface area contributed by atoms with E-state index in [-0.39, 0.29) is 0 Å². The zero-order valence-electron chi connectivity index (χ0n) is 18.8. The molecule has 0 bridgehead atoms. The molecule has 0 aromatic carbocycles. The molecule has 7 atom stereocenters. The summed E-state index contributed by atoms with van der Waals surface area (Å²) in [7, 11) is 0. The van der Waals surface area contributed by atoms with Crippen molar-refractivity contribution in [2.24, 2.45) is 46.3 Å². The van der Waals surface area contributed by atoms with E-state index in [0.29, 0.717) is 10.8 Å². The van der Waals surface area contributed by atoms with Gasteiger partial charge in [0.1, 0.15) is 0 Å². The summed E-state index contributed by atoms with van der Waals surface area (Å²) < 4.78 is 0. The third-order valence-corrected chi connectivity index (χ3v) is 9.85. The molecule has 0 saturated heterocycles. The molecule has 27 heavy (non-hydrogen) atoms. The van der Waals surface area contributed by atoms with Gasteiger partial charge in [-0.1, -0.05) is 72.1 Å². The fourth-order valence-corrected chi connectivity index (χ4v) is 8.32. The quantitative estimate of drug-likeness (QED) is 0.459. The molecule has 0 radical (unpaired) electrons. The van der Waals surface area contributed by atoms with Crippen molar-refractivity contribution in [2.75, 3.05) is 0 Å². The maximum Gasteiger partial charge on any atom is -0.00445 e. The fourth-order valence-electron chi connectivity index (χ4n) is 8.32. The van der Waals surface area contributed by atoms with Crippen molar-refractivity contribution >= 4 is 0 Å². The van der Waals surface area contributed by atoms with Crippen molar-refractivity contribution in [1.82, 2.24) is 0 Å². The first-order chi connectivity index (χ1) is 12.9. The van der Waals surface area contributed by atoms with Crippen LogP contribution < -0.4 is 0 Å². The van der Waals surface area contributed by atoms with Crippen molar-refractivity contribution in [3.63, 3.8) is 0 Å². The summed E-state index contributed by atoms with van der Waals surface area (Å²) in [6, 6.07) is 0. The molecule has 0 spiro atoms. The van der Waals surface area contributed by atoms with Crippen molar-refractivity contribution in [1.29, 1.82) is 0 Å². The summed E-state index contributed by atoms with van der Waals surface area (Å²) in [5.74, 6) is 5.70. The SMILES string of the molecule is CC(C)CCC[C@@H](C)[C@@H]1CC[C@@H]2[C@H]3CC=C4C=CCC[C@]4(C)[C@@H]3CC[C@]21C. The van der Waals surface area contributed by atoms with E-state index in [1.54, 1.807) is 5.57 Å². The fraction of sp³-hybridized carbons (Fsp3) is 0.852. The molecule has 0 aromatic heterocycles. The van der Waals surface area contributed by atoms with Gasteiger partial charge in [0, 0.05) is 0 Å². The molecule has 0 heterocycles. The first-order valence-electron chi connectivity index (χ1n) is 12.2. The van der Waals surface area contributed by atoms with E-state index in [1.165, 1.54) is 64.2 Å². The molecule has 152 valence electrons. The monoisotopic (exact) mass is 368 g/mol. The minimum absolute atomic E-state index is 0.486. The third-order valence-electron chi connectivity index (χ3n) is 9.85. The van der Waals surface area contributed by atoms with Gasteiger partial charge < -0.3 is 0 Å². The number of hydrogen-bond acceptors (Lipinski definition) is 0. The summed E-state index contributed by atoms with van der Waals surface area (Å²) >= 11 is 0. The standard InChI is InChI=1S/C27H44/c1-19(2)9-8-10-20(3)23-14-15-24-22-13-12-21-11-6-7-17-26(21,4)25(22)16-18-27(23,24)5/h6,11-12,19-20,22-25H,7-10,13-18H2,1-5H3/t20-,22-,23+,24-,25-,26+,27+/m1/s1. The molecule has 0 amide bonds. The van der Waals surface area contributed by atoms with Crippen LogP contribution in [0.1, 0.15) is 98.8 Å². The highest BCUT2D eigenvalue weighted by molar-refractivity contribution is 5.34. The minimum atomic E-state index is 0.486. The second-order valence-corrected chi connectivity index (χ2v) is 11.7. The number of rotatable bonds is 5. The molecule has 4 aliphatic rings. The highest BCUT2D eigenvalue weighted by Gasteiger charge is 2.58. The largest absolute Gasteiger partial charge is 0.0842 e. The van der Waals surface area contributed by atoms with E-state index in [1.807, 2.05) is 0 Å². The van der Waals surface area contributed by atoms with E-state index < -0.39 is 0 Å². The van der Waals surface area contributed by atoms with Crippen molar-refractivity contribution in [3.8, 4) is 0 Å². The van der Waals surface area contributed by atoms with Crippen LogP contribution in [0, 0.1) is 46.3 Å². The zero-order valence-corrected chi connectivity index (χ0v) is 18.8. The van der Waals surface area contributed by atoms with Gasteiger partial charge in [-0.15, -0.1) is 0 Å². The lowest BCUT2D eigenvalue weighted by Gasteiger charge is -2.57. The van der Waals surface area contributed by atoms with Crippen LogP contribution in [0.5, 0.6) is 0 Å². The van der Waals surface area contributed by atoms with Gasteiger partial charge in [0.15, 0.2) is 0 Å². The minimum Gasteiger partial charge on any atom is -0.0842 e. The topological polar surface area (TPSA) is 0 Å². The van der Waals surface area contributed by atoms with E-state index >= 15 is 0 Å². The Morgan fingerprint density at radius 3 is 2.59 bits per heavy atom. The molecule has 2 fully saturated rings. The zero-order chi connectivity index (χ0) is 19.2. The van der Waals surface area contributed by atoms with Crippen LogP contribution in [0.25, 0.3) is 0 Å². The molecule has 0 nitrogen and oxygen atoms in total. The van der Waals surface area contributed by atoms with Crippen LogP contribution in [-0.4, -0.2) is 0 Å². The Morgan fingerprint density at radius 1 is 1.00 bits per heavy atom. The molecule has 0 heteroatoms. The molecule has 0 aliphatic heterocycles. The maximum absolute atomic E-state index is 2.72. The van der Waals surface area contributed by atoms with Gasteiger partial charge in [-0.3, -0.25) is 0 Å². The Kier molecular flexibility index (Phi) is 5.41. The average molecular weight is 369 g/mol. The lowest BCUT2D eigenvalue weighted by atomic mass is 9.47. The predicted molar refractivity (Wildman–Crippen MR) is 118 cm³/mol. The Bertz CT molecular complexity index is 595. The number of fused-ring (bicyclic) bond motifs is 5. The molecular formula is C27H44. The van der Waals surface area contributed by atoms with Crippen molar-refractivity contribution in [2.45, 2.75) is 98.8 Å².